The van der Waals surface area contributed by atoms with Crippen LogP contribution in [0, 0.1) is 6.92 Å². The molecule has 0 spiro atoms. The Bertz CT molecular complexity index is 391. The number of aryl methyl sites for hydroxylation is 1. The number of aromatic hydroxyl groups is 1. The van der Waals surface area contributed by atoms with Crippen molar-refractivity contribution in [3.05, 3.63) is 23.8 Å². The molecule has 0 atom stereocenters. The summed E-state index contributed by atoms with van der Waals surface area (Å²) in [5, 5.41) is 9.16. The van der Waals surface area contributed by atoms with Crippen molar-refractivity contribution < 1.29 is 13.5 Å². The van der Waals surface area contributed by atoms with Gasteiger partial charge in [0, 0.05) is 6.07 Å². The molecule has 0 unspecified atom stereocenters. The summed E-state index contributed by atoms with van der Waals surface area (Å²) in [6, 6.07) is 4.54. The van der Waals surface area contributed by atoms with Gasteiger partial charge in [-0.25, -0.2) is 8.42 Å². The monoisotopic (exact) mass is 201 g/mol. The summed E-state index contributed by atoms with van der Waals surface area (Å²) in [7, 11) is -3.27. The maximum absolute atomic E-state index is 10.8. The summed E-state index contributed by atoms with van der Waals surface area (Å²) in [5.74, 6) is 0.0474. The van der Waals surface area contributed by atoms with Crippen LogP contribution in [0.25, 0.3) is 0 Å². The zero-order valence-corrected chi connectivity index (χ0v) is 8.22. The summed E-state index contributed by atoms with van der Waals surface area (Å²) in [6.07, 6.45) is 1.06. The van der Waals surface area contributed by atoms with Gasteiger partial charge in [0.15, 0.2) is 0 Å². The quantitative estimate of drug-likeness (QED) is 0.752. The number of phenolic OH excluding ortho intramolecular Hbond substituents is 1. The number of benzene rings is 1. The van der Waals surface area contributed by atoms with Crippen LogP contribution in [0.3, 0.4) is 0 Å². The molecule has 0 aromatic heterocycles. The van der Waals surface area contributed by atoms with Crippen molar-refractivity contribution in [2.45, 2.75) is 6.92 Å². The number of hydrogen-bond donors (Lipinski definition) is 2. The number of hydrogen-bond acceptors (Lipinski definition) is 3. The van der Waals surface area contributed by atoms with E-state index in [1.54, 1.807) is 19.1 Å². The van der Waals surface area contributed by atoms with Crippen LogP contribution in [0.1, 0.15) is 5.56 Å². The normalized spacial score (nSPS) is 11.2. The third-order valence-corrected chi connectivity index (χ3v) is 1.97. The fourth-order valence-electron chi connectivity index (χ4n) is 1.04. The van der Waals surface area contributed by atoms with Gasteiger partial charge in [-0.05, 0) is 24.6 Å². The second-order valence-electron chi connectivity index (χ2n) is 2.93. The van der Waals surface area contributed by atoms with Gasteiger partial charge in [-0.3, -0.25) is 4.72 Å². The standard InChI is InChI=1S/C8H11NO3S/c1-6-3-7(5-8(10)4-6)9-13(2,11)12/h3-5,9-10H,1-2H3. The first-order valence-electron chi connectivity index (χ1n) is 3.65. The van der Waals surface area contributed by atoms with Gasteiger partial charge >= 0.3 is 0 Å². The second kappa shape index (κ2) is 3.26. The van der Waals surface area contributed by atoms with Crippen LogP contribution in [0.15, 0.2) is 18.2 Å². The van der Waals surface area contributed by atoms with Crippen molar-refractivity contribution in [3.63, 3.8) is 0 Å². The first-order chi connectivity index (χ1) is 5.87. The molecule has 0 aliphatic carbocycles. The minimum atomic E-state index is -3.27. The van der Waals surface area contributed by atoms with Gasteiger partial charge in [0.25, 0.3) is 0 Å². The average molecular weight is 201 g/mol. The molecule has 13 heavy (non-hydrogen) atoms. The Kier molecular flexibility index (Phi) is 2.47. The van der Waals surface area contributed by atoms with E-state index in [0.29, 0.717) is 5.69 Å². The van der Waals surface area contributed by atoms with E-state index in [9.17, 15) is 8.42 Å². The van der Waals surface area contributed by atoms with Gasteiger partial charge in [0.05, 0.1) is 11.9 Å². The van der Waals surface area contributed by atoms with Crippen molar-refractivity contribution in [3.8, 4) is 5.75 Å². The lowest BCUT2D eigenvalue weighted by Gasteiger charge is -2.05. The van der Waals surface area contributed by atoms with Crippen LogP contribution in [-0.2, 0) is 10.0 Å². The van der Waals surface area contributed by atoms with Gasteiger partial charge in [0.2, 0.25) is 10.0 Å². The summed E-state index contributed by atoms with van der Waals surface area (Å²) in [6.45, 7) is 1.77. The molecule has 0 bridgehead atoms. The number of nitrogens with one attached hydrogen (secondary N) is 1. The lowest BCUT2D eigenvalue weighted by Crippen LogP contribution is -2.09. The molecule has 0 heterocycles. The smallest absolute Gasteiger partial charge is 0.229 e. The Morgan fingerprint density at radius 3 is 2.38 bits per heavy atom. The van der Waals surface area contributed by atoms with Crippen LogP contribution >= 0.6 is 0 Å². The van der Waals surface area contributed by atoms with E-state index in [0.717, 1.165) is 11.8 Å². The highest BCUT2D eigenvalue weighted by atomic mass is 32.2. The minimum absolute atomic E-state index is 0.0474. The molecule has 4 nitrogen and oxygen atoms in total. The third-order valence-electron chi connectivity index (χ3n) is 1.37. The van der Waals surface area contributed by atoms with E-state index in [1.165, 1.54) is 6.07 Å². The highest BCUT2D eigenvalue weighted by Gasteiger charge is 2.02. The predicted molar refractivity (Wildman–Crippen MR) is 51.3 cm³/mol. The molecule has 1 aromatic rings. The molecule has 0 amide bonds. The second-order valence-corrected chi connectivity index (χ2v) is 4.68. The molecular weight excluding hydrogens is 190 g/mol. The zero-order valence-electron chi connectivity index (χ0n) is 7.40. The van der Waals surface area contributed by atoms with Crippen LogP contribution in [0.2, 0.25) is 0 Å². The van der Waals surface area contributed by atoms with Crippen molar-refractivity contribution in [1.29, 1.82) is 0 Å². The van der Waals surface area contributed by atoms with E-state index in [-0.39, 0.29) is 5.75 Å². The first-order valence-corrected chi connectivity index (χ1v) is 5.54. The Morgan fingerprint density at radius 1 is 1.31 bits per heavy atom. The van der Waals surface area contributed by atoms with E-state index in [2.05, 4.69) is 4.72 Å². The Hall–Kier alpha value is -1.23. The largest absolute Gasteiger partial charge is 0.508 e. The van der Waals surface area contributed by atoms with Gasteiger partial charge in [0.1, 0.15) is 5.75 Å². The SMILES string of the molecule is Cc1cc(O)cc(NS(C)(=O)=O)c1. The average Bonchev–Trinajstić information content (AvgIpc) is 1.78. The Balaban J connectivity index is 3.03. The predicted octanol–water partition coefficient (Wildman–Crippen LogP) is 1.07. The van der Waals surface area contributed by atoms with Crippen LogP contribution in [0.5, 0.6) is 5.75 Å². The first kappa shape index (κ1) is 9.85. The molecule has 0 saturated heterocycles. The molecule has 0 aliphatic heterocycles. The van der Waals surface area contributed by atoms with Gasteiger partial charge in [-0.15, -0.1) is 0 Å². The van der Waals surface area contributed by atoms with Crippen molar-refractivity contribution in [2.75, 3.05) is 11.0 Å². The summed E-state index contributed by atoms with van der Waals surface area (Å²) < 4.78 is 23.9. The zero-order chi connectivity index (χ0) is 10.1. The van der Waals surface area contributed by atoms with Crippen LogP contribution < -0.4 is 4.72 Å². The molecule has 0 saturated carbocycles. The molecule has 5 heteroatoms. The van der Waals surface area contributed by atoms with Crippen molar-refractivity contribution >= 4 is 15.7 Å². The van der Waals surface area contributed by atoms with Gasteiger partial charge < -0.3 is 5.11 Å². The number of rotatable bonds is 2. The molecule has 0 fully saturated rings. The van der Waals surface area contributed by atoms with E-state index >= 15 is 0 Å². The number of anilines is 1. The van der Waals surface area contributed by atoms with Gasteiger partial charge in [-0.2, -0.15) is 0 Å². The maximum Gasteiger partial charge on any atom is 0.229 e. The molecule has 72 valence electrons. The highest BCUT2D eigenvalue weighted by molar-refractivity contribution is 7.92. The Labute approximate surface area is 77.3 Å². The lowest BCUT2D eigenvalue weighted by atomic mass is 10.2. The third kappa shape index (κ3) is 3.33. The van der Waals surface area contributed by atoms with Crippen molar-refractivity contribution in [2.24, 2.45) is 0 Å². The maximum atomic E-state index is 10.8. The molecule has 0 radical (unpaired) electrons. The van der Waals surface area contributed by atoms with Crippen LogP contribution in [-0.4, -0.2) is 19.8 Å². The molecular formula is C8H11NO3S. The fourth-order valence-corrected chi connectivity index (χ4v) is 1.58. The number of sulfonamides is 1. The van der Waals surface area contributed by atoms with Crippen molar-refractivity contribution in [1.82, 2.24) is 0 Å². The Morgan fingerprint density at radius 2 is 1.92 bits per heavy atom. The summed E-state index contributed by atoms with van der Waals surface area (Å²) in [4.78, 5) is 0. The van der Waals surface area contributed by atoms with Crippen LogP contribution in [0.4, 0.5) is 5.69 Å². The van der Waals surface area contributed by atoms with E-state index in [4.69, 9.17) is 5.11 Å². The molecule has 0 aliphatic rings. The summed E-state index contributed by atoms with van der Waals surface area (Å²) in [5.41, 5.74) is 1.17. The fraction of sp³-hybridized carbons (Fsp3) is 0.250. The highest BCUT2D eigenvalue weighted by Crippen LogP contribution is 2.19. The van der Waals surface area contributed by atoms with E-state index in [1.807, 2.05) is 0 Å². The van der Waals surface area contributed by atoms with E-state index < -0.39 is 10.0 Å². The van der Waals surface area contributed by atoms with Gasteiger partial charge in [-0.1, -0.05) is 0 Å². The molecule has 1 rings (SSSR count). The minimum Gasteiger partial charge on any atom is -0.508 e. The molecule has 2 N–H and O–H groups in total. The number of phenols is 1. The lowest BCUT2D eigenvalue weighted by molar-refractivity contribution is 0.475. The topological polar surface area (TPSA) is 66.4 Å². The molecule has 1 aromatic carbocycles. The summed E-state index contributed by atoms with van der Waals surface area (Å²) >= 11 is 0.